The number of hydrogen-bond acceptors (Lipinski definition) is 4. The van der Waals surface area contributed by atoms with Gasteiger partial charge in [0.25, 0.3) is 0 Å². The first-order valence-electron chi connectivity index (χ1n) is 6.26. The third-order valence-corrected chi connectivity index (χ3v) is 2.81. The minimum atomic E-state index is -0.434. The maximum absolute atomic E-state index is 14.2. The Morgan fingerprint density at radius 2 is 1.95 bits per heavy atom. The smallest absolute Gasteiger partial charge is 0.163 e. The van der Waals surface area contributed by atoms with Crippen molar-refractivity contribution in [3.63, 3.8) is 0 Å². The van der Waals surface area contributed by atoms with Crippen LogP contribution >= 0.6 is 0 Å². The summed E-state index contributed by atoms with van der Waals surface area (Å²) in [7, 11) is 3.17. The van der Waals surface area contributed by atoms with E-state index in [-0.39, 0.29) is 6.10 Å². The Morgan fingerprint density at radius 3 is 2.45 bits per heavy atom. The highest BCUT2D eigenvalue weighted by molar-refractivity contribution is 5.67. The number of aromatic nitrogens is 2. The molecule has 0 aliphatic carbocycles. The molecule has 0 saturated heterocycles. The van der Waals surface area contributed by atoms with Crippen LogP contribution in [0.3, 0.4) is 0 Å². The first-order chi connectivity index (χ1) is 9.42. The molecule has 0 unspecified atom stereocenters. The number of halogens is 1. The number of hydrogen-bond donors (Lipinski definition) is 1. The molecule has 2 aromatic rings. The Labute approximate surface area is 117 Å². The van der Waals surface area contributed by atoms with Gasteiger partial charge in [0.2, 0.25) is 0 Å². The number of nitrogens with zero attached hydrogens (tertiary/aromatic N) is 2. The van der Waals surface area contributed by atoms with Gasteiger partial charge in [0.1, 0.15) is 11.6 Å². The van der Waals surface area contributed by atoms with Crippen LogP contribution in [-0.2, 0) is 7.05 Å². The number of aryl methyl sites for hydroxylation is 1. The van der Waals surface area contributed by atoms with Crippen molar-refractivity contribution in [1.82, 2.24) is 9.78 Å². The maximum atomic E-state index is 14.2. The van der Waals surface area contributed by atoms with Gasteiger partial charge in [0.15, 0.2) is 11.5 Å². The lowest BCUT2D eigenvalue weighted by Crippen LogP contribution is -2.07. The van der Waals surface area contributed by atoms with E-state index in [1.165, 1.54) is 17.9 Å². The van der Waals surface area contributed by atoms with E-state index >= 15 is 0 Å². The Kier molecular flexibility index (Phi) is 3.83. The predicted octanol–water partition coefficient (Wildman–Crippen LogP) is 2.60. The topological polar surface area (TPSA) is 62.3 Å². The molecule has 20 heavy (non-hydrogen) atoms. The number of nitrogens with two attached hydrogens (primary N) is 1. The van der Waals surface area contributed by atoms with Gasteiger partial charge in [-0.05, 0) is 19.9 Å². The highest BCUT2D eigenvalue weighted by Gasteiger charge is 2.16. The fourth-order valence-electron chi connectivity index (χ4n) is 1.85. The van der Waals surface area contributed by atoms with Crippen LogP contribution < -0.4 is 15.2 Å². The molecule has 0 fully saturated rings. The number of rotatable bonds is 4. The third kappa shape index (κ3) is 2.68. The Morgan fingerprint density at radius 1 is 1.25 bits per heavy atom. The summed E-state index contributed by atoms with van der Waals surface area (Å²) in [4.78, 5) is 0. The molecule has 0 bridgehead atoms. The molecule has 0 radical (unpaired) electrons. The zero-order valence-corrected chi connectivity index (χ0v) is 12.0. The summed E-state index contributed by atoms with van der Waals surface area (Å²) in [5.74, 6) is 0.851. The third-order valence-electron chi connectivity index (χ3n) is 2.81. The number of ether oxygens (including phenoxy) is 2. The lowest BCUT2D eigenvalue weighted by atomic mass is 10.1. The van der Waals surface area contributed by atoms with Crippen LogP contribution in [-0.4, -0.2) is 23.0 Å². The van der Waals surface area contributed by atoms with Crippen molar-refractivity contribution in [3.05, 3.63) is 24.0 Å². The largest absolute Gasteiger partial charge is 0.493 e. The van der Waals surface area contributed by atoms with Crippen molar-refractivity contribution in [2.75, 3.05) is 12.8 Å². The standard InChI is InChI=1S/C14H18FN3O2/c1-8(2)20-13-5-9(10(15)6-12(13)19-4)11-7-14(16)18(3)17-11/h5-8H,16H2,1-4H3. The first-order valence-corrected chi connectivity index (χ1v) is 6.26. The second-order valence-electron chi connectivity index (χ2n) is 4.73. The predicted molar refractivity (Wildman–Crippen MR) is 75.3 cm³/mol. The highest BCUT2D eigenvalue weighted by atomic mass is 19.1. The number of methoxy groups -OCH3 is 1. The van der Waals surface area contributed by atoms with Gasteiger partial charge < -0.3 is 15.2 Å². The fraction of sp³-hybridized carbons (Fsp3) is 0.357. The lowest BCUT2D eigenvalue weighted by Gasteiger charge is -2.14. The van der Waals surface area contributed by atoms with E-state index in [4.69, 9.17) is 15.2 Å². The molecule has 0 amide bonds. The van der Waals surface area contributed by atoms with Gasteiger partial charge >= 0.3 is 0 Å². The second kappa shape index (κ2) is 5.40. The second-order valence-corrected chi connectivity index (χ2v) is 4.73. The van der Waals surface area contributed by atoms with E-state index in [2.05, 4.69) is 5.10 Å². The fourth-order valence-corrected chi connectivity index (χ4v) is 1.85. The summed E-state index contributed by atoms with van der Waals surface area (Å²) < 4.78 is 26.4. The van der Waals surface area contributed by atoms with E-state index in [9.17, 15) is 4.39 Å². The summed E-state index contributed by atoms with van der Waals surface area (Å²) in [5, 5.41) is 4.17. The maximum Gasteiger partial charge on any atom is 0.163 e. The zero-order valence-electron chi connectivity index (χ0n) is 12.0. The van der Waals surface area contributed by atoms with Crippen LogP contribution in [0.25, 0.3) is 11.3 Å². The molecule has 0 aliphatic rings. The Balaban J connectivity index is 2.53. The summed E-state index contributed by atoms with van der Waals surface area (Å²) in [5.41, 5.74) is 6.51. The van der Waals surface area contributed by atoms with Crippen LogP contribution in [0, 0.1) is 5.82 Å². The molecule has 108 valence electrons. The molecule has 2 rings (SSSR count). The molecule has 0 aliphatic heterocycles. The van der Waals surface area contributed by atoms with Gasteiger partial charge in [0.05, 0.1) is 18.9 Å². The molecule has 6 heteroatoms. The van der Waals surface area contributed by atoms with Gasteiger partial charge in [-0.15, -0.1) is 0 Å². The molecule has 0 atom stereocenters. The van der Waals surface area contributed by atoms with Gasteiger partial charge in [0, 0.05) is 24.7 Å². The van der Waals surface area contributed by atoms with Gasteiger partial charge in [-0.25, -0.2) is 4.39 Å². The Hall–Kier alpha value is -2.24. The van der Waals surface area contributed by atoms with Crippen molar-refractivity contribution >= 4 is 5.82 Å². The minimum absolute atomic E-state index is 0.0454. The minimum Gasteiger partial charge on any atom is -0.493 e. The lowest BCUT2D eigenvalue weighted by molar-refractivity contribution is 0.229. The van der Waals surface area contributed by atoms with Crippen molar-refractivity contribution in [2.24, 2.45) is 7.05 Å². The molecule has 2 N–H and O–H groups in total. The molecule has 5 nitrogen and oxygen atoms in total. The molecule has 0 spiro atoms. The van der Waals surface area contributed by atoms with Crippen LogP contribution in [0.4, 0.5) is 10.2 Å². The Bertz CT molecular complexity index is 604. The first kappa shape index (κ1) is 14.2. The van der Waals surface area contributed by atoms with Crippen LogP contribution in [0.5, 0.6) is 11.5 Å². The molecule has 1 aromatic heterocycles. The summed E-state index contributed by atoms with van der Waals surface area (Å²) in [6.07, 6.45) is -0.0454. The molecular formula is C14H18FN3O2. The van der Waals surface area contributed by atoms with Crippen molar-refractivity contribution in [2.45, 2.75) is 20.0 Å². The van der Waals surface area contributed by atoms with Crippen molar-refractivity contribution < 1.29 is 13.9 Å². The monoisotopic (exact) mass is 279 g/mol. The normalized spacial score (nSPS) is 10.9. The van der Waals surface area contributed by atoms with Crippen molar-refractivity contribution in [3.8, 4) is 22.8 Å². The number of benzene rings is 1. The summed E-state index contributed by atoms with van der Waals surface area (Å²) >= 11 is 0. The van der Waals surface area contributed by atoms with Crippen molar-refractivity contribution in [1.29, 1.82) is 0 Å². The van der Waals surface area contributed by atoms with E-state index in [1.54, 1.807) is 19.2 Å². The summed E-state index contributed by atoms with van der Waals surface area (Å²) in [6, 6.07) is 4.48. The van der Waals surface area contributed by atoms with Crippen LogP contribution in [0.1, 0.15) is 13.8 Å². The van der Waals surface area contributed by atoms with Gasteiger partial charge in [-0.1, -0.05) is 0 Å². The quantitative estimate of drug-likeness (QED) is 0.934. The molecule has 1 heterocycles. The van der Waals surface area contributed by atoms with Gasteiger partial charge in [-0.2, -0.15) is 5.10 Å². The summed E-state index contributed by atoms with van der Waals surface area (Å²) in [6.45, 7) is 3.78. The average molecular weight is 279 g/mol. The zero-order chi connectivity index (χ0) is 14.9. The number of nitrogen functional groups attached to an aromatic ring is 1. The van der Waals surface area contributed by atoms with E-state index in [1.807, 2.05) is 13.8 Å². The van der Waals surface area contributed by atoms with Crippen LogP contribution in [0.15, 0.2) is 18.2 Å². The molecule has 0 saturated carbocycles. The average Bonchev–Trinajstić information content (AvgIpc) is 2.70. The van der Waals surface area contributed by atoms with E-state index in [0.29, 0.717) is 28.6 Å². The molecule has 1 aromatic carbocycles. The van der Waals surface area contributed by atoms with Gasteiger partial charge in [-0.3, -0.25) is 4.68 Å². The van der Waals surface area contributed by atoms with Crippen LogP contribution in [0.2, 0.25) is 0 Å². The SMILES string of the molecule is COc1cc(F)c(-c2cc(N)n(C)n2)cc1OC(C)C. The number of anilines is 1. The molecular weight excluding hydrogens is 261 g/mol. The van der Waals surface area contributed by atoms with E-state index in [0.717, 1.165) is 0 Å². The highest BCUT2D eigenvalue weighted by Crippen LogP contribution is 2.35. The van der Waals surface area contributed by atoms with E-state index < -0.39 is 5.82 Å².